The number of carbonyl (C=O) groups excluding carboxylic acids is 1. The molecule has 0 bridgehead atoms. The number of halogens is 1. The van der Waals surface area contributed by atoms with Gasteiger partial charge in [-0.25, -0.2) is 4.39 Å². The second kappa shape index (κ2) is 7.29. The molecule has 2 aromatic rings. The van der Waals surface area contributed by atoms with Crippen molar-refractivity contribution >= 4 is 17.3 Å². The second-order valence-electron chi connectivity index (χ2n) is 6.04. The van der Waals surface area contributed by atoms with E-state index >= 15 is 0 Å². The van der Waals surface area contributed by atoms with E-state index in [1.54, 1.807) is 18.2 Å². The highest BCUT2D eigenvalue weighted by Gasteiger charge is 2.25. The molecule has 1 aliphatic rings. The summed E-state index contributed by atoms with van der Waals surface area (Å²) >= 11 is 0. The third kappa shape index (κ3) is 4.53. The molecule has 130 valence electrons. The van der Waals surface area contributed by atoms with Crippen LogP contribution in [0.25, 0.3) is 0 Å². The molecule has 0 atom stereocenters. The average Bonchev–Trinajstić information content (AvgIpc) is 3.39. The van der Waals surface area contributed by atoms with E-state index in [1.807, 2.05) is 0 Å². The molecule has 2 N–H and O–H groups in total. The highest BCUT2D eigenvalue weighted by molar-refractivity contribution is 5.96. The van der Waals surface area contributed by atoms with Crippen LogP contribution < -0.4 is 10.6 Å². The predicted molar refractivity (Wildman–Crippen MR) is 92.2 cm³/mol. The molecule has 0 aliphatic heterocycles. The van der Waals surface area contributed by atoms with E-state index in [0.717, 1.165) is 18.4 Å². The van der Waals surface area contributed by atoms with Crippen LogP contribution in [0.15, 0.2) is 42.5 Å². The fourth-order valence-electron chi connectivity index (χ4n) is 2.50. The molecule has 0 radical (unpaired) electrons. The van der Waals surface area contributed by atoms with Crippen molar-refractivity contribution in [1.29, 1.82) is 0 Å². The minimum atomic E-state index is -0.515. The monoisotopic (exact) mass is 343 g/mol. The number of rotatable bonds is 7. The molecule has 0 saturated heterocycles. The number of hydrogen-bond donors (Lipinski definition) is 2. The summed E-state index contributed by atoms with van der Waals surface area (Å²) in [5, 5.41) is 17.1. The zero-order chi connectivity index (χ0) is 17.8. The van der Waals surface area contributed by atoms with Crippen LogP contribution in [-0.2, 0) is 6.42 Å². The molecule has 1 saturated carbocycles. The van der Waals surface area contributed by atoms with Gasteiger partial charge in [-0.2, -0.15) is 0 Å². The van der Waals surface area contributed by atoms with Crippen molar-refractivity contribution in [2.75, 3.05) is 11.9 Å². The Balaban J connectivity index is 1.67. The third-order valence-electron chi connectivity index (χ3n) is 3.99. The Hall–Kier alpha value is -2.96. The summed E-state index contributed by atoms with van der Waals surface area (Å²) in [5.41, 5.74) is 1.26. The maximum absolute atomic E-state index is 13.2. The Morgan fingerprint density at radius 2 is 2.04 bits per heavy atom. The van der Waals surface area contributed by atoms with E-state index < -0.39 is 4.92 Å². The SMILES string of the molecule is O=C(NC1CC1)c1ccc(NCCc2cccc(F)c2)c([N+](=O)[O-])c1. The van der Waals surface area contributed by atoms with E-state index in [-0.39, 0.29) is 29.0 Å². The molecule has 0 unspecified atom stereocenters. The fourth-order valence-corrected chi connectivity index (χ4v) is 2.50. The zero-order valence-corrected chi connectivity index (χ0v) is 13.5. The van der Waals surface area contributed by atoms with E-state index in [4.69, 9.17) is 0 Å². The van der Waals surface area contributed by atoms with Gasteiger partial charge in [0.2, 0.25) is 0 Å². The number of benzene rings is 2. The van der Waals surface area contributed by atoms with Gasteiger partial charge in [0.05, 0.1) is 4.92 Å². The first-order valence-corrected chi connectivity index (χ1v) is 8.10. The lowest BCUT2D eigenvalue weighted by atomic mass is 10.1. The minimum absolute atomic E-state index is 0.150. The van der Waals surface area contributed by atoms with E-state index in [0.29, 0.717) is 18.7 Å². The topological polar surface area (TPSA) is 84.3 Å². The minimum Gasteiger partial charge on any atom is -0.379 e. The van der Waals surface area contributed by atoms with Gasteiger partial charge in [0.1, 0.15) is 11.5 Å². The van der Waals surface area contributed by atoms with Crippen molar-refractivity contribution in [1.82, 2.24) is 5.32 Å². The van der Waals surface area contributed by atoms with Crippen LogP contribution in [0.3, 0.4) is 0 Å². The zero-order valence-electron chi connectivity index (χ0n) is 13.5. The Bertz CT molecular complexity index is 806. The van der Waals surface area contributed by atoms with Gasteiger partial charge < -0.3 is 10.6 Å². The first kappa shape index (κ1) is 16.9. The number of nitrogens with zero attached hydrogens (tertiary/aromatic N) is 1. The molecule has 6 nitrogen and oxygen atoms in total. The van der Waals surface area contributed by atoms with E-state index in [1.165, 1.54) is 24.3 Å². The molecule has 3 rings (SSSR count). The molecular formula is C18H18FN3O3. The number of amides is 1. The van der Waals surface area contributed by atoms with Gasteiger partial charge in [-0.15, -0.1) is 0 Å². The van der Waals surface area contributed by atoms with Crippen LogP contribution in [-0.4, -0.2) is 23.4 Å². The Morgan fingerprint density at radius 3 is 2.72 bits per heavy atom. The van der Waals surface area contributed by atoms with E-state index in [9.17, 15) is 19.3 Å². The molecule has 2 aromatic carbocycles. The summed E-state index contributed by atoms with van der Waals surface area (Å²) in [5.74, 6) is -0.605. The molecular weight excluding hydrogens is 325 g/mol. The lowest BCUT2D eigenvalue weighted by Crippen LogP contribution is -2.25. The first-order valence-electron chi connectivity index (χ1n) is 8.10. The number of nitro groups is 1. The quantitative estimate of drug-likeness (QED) is 0.597. The van der Waals surface area contributed by atoms with Crippen molar-refractivity contribution in [2.24, 2.45) is 0 Å². The highest BCUT2D eigenvalue weighted by Crippen LogP contribution is 2.26. The Morgan fingerprint density at radius 1 is 1.24 bits per heavy atom. The first-order chi connectivity index (χ1) is 12.0. The summed E-state index contributed by atoms with van der Waals surface area (Å²) in [4.78, 5) is 22.8. The lowest BCUT2D eigenvalue weighted by Gasteiger charge is -2.09. The Kier molecular flexibility index (Phi) is 4.92. The molecule has 0 heterocycles. The van der Waals surface area contributed by atoms with Crippen molar-refractivity contribution in [3.63, 3.8) is 0 Å². The predicted octanol–water partition coefficient (Wildman–Crippen LogP) is 3.28. The summed E-state index contributed by atoms with van der Waals surface area (Å²) in [6.07, 6.45) is 2.43. The summed E-state index contributed by atoms with van der Waals surface area (Å²) < 4.78 is 13.2. The average molecular weight is 343 g/mol. The number of carbonyl (C=O) groups is 1. The van der Waals surface area contributed by atoms with Crippen LogP contribution >= 0.6 is 0 Å². The molecule has 7 heteroatoms. The second-order valence-corrected chi connectivity index (χ2v) is 6.04. The Labute approximate surface area is 144 Å². The number of nitro benzene ring substituents is 1. The van der Waals surface area contributed by atoms with Crippen LogP contribution in [0, 0.1) is 15.9 Å². The number of hydrogen-bond acceptors (Lipinski definition) is 4. The van der Waals surface area contributed by atoms with Crippen molar-refractivity contribution < 1.29 is 14.1 Å². The lowest BCUT2D eigenvalue weighted by molar-refractivity contribution is -0.384. The van der Waals surface area contributed by atoms with Gasteiger partial charge in [-0.3, -0.25) is 14.9 Å². The van der Waals surface area contributed by atoms with Gasteiger partial charge in [-0.1, -0.05) is 12.1 Å². The number of anilines is 1. The van der Waals surface area contributed by atoms with Crippen LogP contribution in [0.4, 0.5) is 15.8 Å². The highest BCUT2D eigenvalue weighted by atomic mass is 19.1. The van der Waals surface area contributed by atoms with Gasteiger partial charge >= 0.3 is 0 Å². The molecule has 25 heavy (non-hydrogen) atoms. The van der Waals surface area contributed by atoms with Crippen molar-refractivity contribution in [3.05, 3.63) is 69.5 Å². The summed E-state index contributed by atoms with van der Waals surface area (Å²) in [6, 6.07) is 10.8. The fraction of sp³-hybridized carbons (Fsp3) is 0.278. The molecule has 0 spiro atoms. The summed E-state index contributed by atoms with van der Waals surface area (Å²) in [7, 11) is 0. The van der Waals surface area contributed by atoms with Crippen molar-refractivity contribution in [2.45, 2.75) is 25.3 Å². The molecule has 0 aromatic heterocycles. The van der Waals surface area contributed by atoms with Crippen LogP contribution in [0.2, 0.25) is 0 Å². The molecule has 1 aliphatic carbocycles. The van der Waals surface area contributed by atoms with Crippen LogP contribution in [0.1, 0.15) is 28.8 Å². The van der Waals surface area contributed by atoms with Crippen molar-refractivity contribution in [3.8, 4) is 0 Å². The maximum Gasteiger partial charge on any atom is 0.293 e. The summed E-state index contributed by atoms with van der Waals surface area (Å²) in [6.45, 7) is 0.415. The third-order valence-corrected chi connectivity index (χ3v) is 3.99. The van der Waals surface area contributed by atoms with Gasteiger partial charge in [-0.05, 0) is 49.1 Å². The van der Waals surface area contributed by atoms with Gasteiger partial charge in [0.15, 0.2) is 0 Å². The largest absolute Gasteiger partial charge is 0.379 e. The normalized spacial score (nSPS) is 13.3. The standard InChI is InChI=1S/C18H18FN3O3/c19-14-3-1-2-12(10-14)8-9-20-16-7-4-13(11-17(16)22(24)25)18(23)21-15-5-6-15/h1-4,7,10-11,15,20H,5-6,8-9H2,(H,21,23). The maximum atomic E-state index is 13.2. The molecule has 1 amide bonds. The van der Waals surface area contributed by atoms with Crippen LogP contribution in [0.5, 0.6) is 0 Å². The smallest absolute Gasteiger partial charge is 0.293 e. The van der Waals surface area contributed by atoms with Gasteiger partial charge in [0.25, 0.3) is 11.6 Å². The van der Waals surface area contributed by atoms with E-state index in [2.05, 4.69) is 10.6 Å². The van der Waals surface area contributed by atoms with Gasteiger partial charge in [0, 0.05) is 24.2 Å². The number of nitrogens with one attached hydrogen (secondary N) is 2. The molecule has 1 fully saturated rings.